The minimum absolute atomic E-state index is 0.350. The van der Waals surface area contributed by atoms with Gasteiger partial charge in [0.1, 0.15) is 23.7 Å². The first-order chi connectivity index (χ1) is 9.88. The van der Waals surface area contributed by atoms with E-state index >= 15 is 0 Å². The molecule has 20 heavy (non-hydrogen) atoms. The Kier molecular flexibility index (Phi) is 3.52. The lowest BCUT2D eigenvalue weighted by molar-refractivity contribution is 0.792. The predicted octanol–water partition coefficient (Wildman–Crippen LogP) is 1.18. The van der Waals surface area contributed by atoms with Gasteiger partial charge < -0.3 is 10.6 Å². The maximum atomic E-state index is 9.45. The van der Waals surface area contributed by atoms with Gasteiger partial charge >= 0.3 is 0 Å². The van der Waals surface area contributed by atoms with Crippen molar-refractivity contribution in [3.63, 3.8) is 0 Å². The predicted molar refractivity (Wildman–Crippen MR) is 74.9 cm³/mol. The first kappa shape index (κ1) is 12.5. The molecule has 0 spiro atoms. The van der Waals surface area contributed by atoms with Crippen LogP contribution in [0.4, 0.5) is 5.69 Å². The smallest absolute Gasteiger partial charge is 0.116 e. The lowest BCUT2D eigenvalue weighted by atomic mass is 10.1. The van der Waals surface area contributed by atoms with Crippen LogP contribution in [-0.2, 0) is 0 Å². The Hall–Kier alpha value is -2.52. The fraction of sp³-hybridized carbons (Fsp3) is 0.286. The van der Waals surface area contributed by atoms with E-state index in [1.54, 1.807) is 18.5 Å². The van der Waals surface area contributed by atoms with Gasteiger partial charge in [0.15, 0.2) is 0 Å². The van der Waals surface area contributed by atoms with Crippen LogP contribution < -0.4 is 10.6 Å². The van der Waals surface area contributed by atoms with Crippen molar-refractivity contribution in [1.82, 2.24) is 20.3 Å². The van der Waals surface area contributed by atoms with Gasteiger partial charge in [0.2, 0.25) is 0 Å². The zero-order valence-corrected chi connectivity index (χ0v) is 10.9. The molecule has 0 radical (unpaired) electrons. The van der Waals surface area contributed by atoms with Gasteiger partial charge in [-0.05, 0) is 25.1 Å². The van der Waals surface area contributed by atoms with Crippen molar-refractivity contribution < 1.29 is 0 Å². The van der Waals surface area contributed by atoms with E-state index in [0.29, 0.717) is 23.0 Å². The quantitative estimate of drug-likeness (QED) is 0.867. The van der Waals surface area contributed by atoms with E-state index in [0.717, 1.165) is 25.2 Å². The molecule has 3 rings (SSSR count). The summed E-state index contributed by atoms with van der Waals surface area (Å²) in [6.07, 6.45) is 5.85. The topological polar surface area (TPSA) is 86.5 Å². The number of hydrogen-bond donors (Lipinski definition) is 2. The third-order valence-corrected chi connectivity index (χ3v) is 3.31. The van der Waals surface area contributed by atoms with Crippen molar-refractivity contribution in [2.75, 3.05) is 18.4 Å². The lowest BCUT2D eigenvalue weighted by Gasteiger charge is -2.15. The standard InChI is InChI=1S/C14H14N6/c15-7-11-12(20-10-1-4-16-8-10)3-6-18-14(11)13-2-5-17-9-19-13/h2-3,5-6,9-10,16H,1,4,8H2,(H,18,20). The van der Waals surface area contributed by atoms with E-state index in [4.69, 9.17) is 0 Å². The van der Waals surface area contributed by atoms with E-state index < -0.39 is 0 Å². The first-order valence-corrected chi connectivity index (χ1v) is 6.51. The highest BCUT2D eigenvalue weighted by Crippen LogP contribution is 2.25. The summed E-state index contributed by atoms with van der Waals surface area (Å²) in [4.78, 5) is 12.3. The molecule has 2 N–H and O–H groups in total. The molecule has 100 valence electrons. The molecule has 1 fully saturated rings. The number of anilines is 1. The van der Waals surface area contributed by atoms with Crippen molar-refractivity contribution in [2.24, 2.45) is 0 Å². The van der Waals surface area contributed by atoms with Gasteiger partial charge in [-0.2, -0.15) is 5.26 Å². The van der Waals surface area contributed by atoms with Crippen molar-refractivity contribution in [1.29, 1.82) is 5.26 Å². The Morgan fingerprint density at radius 2 is 2.25 bits per heavy atom. The van der Waals surface area contributed by atoms with Crippen LogP contribution in [0.15, 0.2) is 30.9 Å². The van der Waals surface area contributed by atoms with Crippen LogP contribution in [0, 0.1) is 11.3 Å². The summed E-state index contributed by atoms with van der Waals surface area (Å²) in [7, 11) is 0. The molecule has 2 aromatic rings. The minimum atomic E-state index is 0.350. The minimum Gasteiger partial charge on any atom is -0.380 e. The highest BCUT2D eigenvalue weighted by Gasteiger charge is 2.18. The van der Waals surface area contributed by atoms with Crippen molar-refractivity contribution in [3.8, 4) is 17.5 Å². The second kappa shape index (κ2) is 5.63. The number of hydrogen-bond acceptors (Lipinski definition) is 6. The number of nitrogens with one attached hydrogen (secondary N) is 2. The Bertz CT molecular complexity index is 628. The van der Waals surface area contributed by atoms with Crippen molar-refractivity contribution >= 4 is 5.69 Å². The monoisotopic (exact) mass is 266 g/mol. The molecule has 0 bridgehead atoms. The van der Waals surface area contributed by atoms with Crippen LogP contribution in [0.5, 0.6) is 0 Å². The summed E-state index contributed by atoms with van der Waals surface area (Å²) in [5.41, 5.74) is 2.58. The molecule has 1 unspecified atom stereocenters. The Morgan fingerprint density at radius 3 is 2.95 bits per heavy atom. The average Bonchev–Trinajstić information content (AvgIpc) is 3.01. The van der Waals surface area contributed by atoms with Gasteiger partial charge in [0.25, 0.3) is 0 Å². The molecular formula is C14H14N6. The summed E-state index contributed by atoms with van der Waals surface area (Å²) < 4.78 is 0. The molecule has 6 nitrogen and oxygen atoms in total. The summed E-state index contributed by atoms with van der Waals surface area (Å²) in [6.45, 7) is 1.92. The zero-order chi connectivity index (χ0) is 13.8. The molecule has 6 heteroatoms. The molecule has 1 aliphatic heterocycles. The molecule has 0 saturated carbocycles. The highest BCUT2D eigenvalue weighted by atomic mass is 15.0. The van der Waals surface area contributed by atoms with E-state index in [1.807, 2.05) is 6.07 Å². The summed E-state index contributed by atoms with van der Waals surface area (Å²) in [5, 5.41) is 16.1. The van der Waals surface area contributed by atoms with Crippen LogP contribution in [0.3, 0.4) is 0 Å². The Balaban J connectivity index is 1.97. The second-order valence-electron chi connectivity index (χ2n) is 4.62. The third-order valence-electron chi connectivity index (χ3n) is 3.31. The van der Waals surface area contributed by atoms with Crippen LogP contribution in [0.2, 0.25) is 0 Å². The number of pyridine rings is 1. The van der Waals surface area contributed by atoms with Crippen LogP contribution in [-0.4, -0.2) is 34.1 Å². The van der Waals surface area contributed by atoms with E-state index in [9.17, 15) is 5.26 Å². The molecule has 1 atom stereocenters. The van der Waals surface area contributed by atoms with E-state index in [1.165, 1.54) is 6.33 Å². The fourth-order valence-corrected chi connectivity index (χ4v) is 2.32. The summed E-state index contributed by atoms with van der Waals surface area (Å²) in [5.74, 6) is 0. The van der Waals surface area contributed by atoms with E-state index in [-0.39, 0.29) is 0 Å². The number of nitrogens with zero attached hydrogens (tertiary/aromatic N) is 4. The maximum Gasteiger partial charge on any atom is 0.116 e. The molecule has 0 aromatic carbocycles. The van der Waals surface area contributed by atoms with Crippen molar-refractivity contribution in [3.05, 3.63) is 36.4 Å². The van der Waals surface area contributed by atoms with Gasteiger partial charge in [0, 0.05) is 25.0 Å². The fourth-order valence-electron chi connectivity index (χ4n) is 2.32. The SMILES string of the molecule is N#Cc1c(NC2CCNC2)ccnc1-c1ccncn1. The Labute approximate surface area is 116 Å². The summed E-state index contributed by atoms with van der Waals surface area (Å²) >= 11 is 0. The molecule has 1 saturated heterocycles. The highest BCUT2D eigenvalue weighted by molar-refractivity contribution is 5.72. The number of aromatic nitrogens is 3. The maximum absolute atomic E-state index is 9.45. The van der Waals surface area contributed by atoms with E-state index in [2.05, 4.69) is 31.7 Å². The number of nitriles is 1. The second-order valence-corrected chi connectivity index (χ2v) is 4.62. The van der Waals surface area contributed by atoms with Gasteiger partial charge in [-0.3, -0.25) is 4.98 Å². The lowest BCUT2D eigenvalue weighted by Crippen LogP contribution is -2.22. The van der Waals surface area contributed by atoms with Gasteiger partial charge in [0.05, 0.1) is 11.4 Å². The zero-order valence-electron chi connectivity index (χ0n) is 10.9. The molecule has 3 heterocycles. The van der Waals surface area contributed by atoms with Gasteiger partial charge in [-0.15, -0.1) is 0 Å². The van der Waals surface area contributed by atoms with Gasteiger partial charge in [-0.1, -0.05) is 0 Å². The molecular weight excluding hydrogens is 252 g/mol. The summed E-state index contributed by atoms with van der Waals surface area (Å²) in [6, 6.07) is 6.17. The Morgan fingerprint density at radius 1 is 1.30 bits per heavy atom. The first-order valence-electron chi connectivity index (χ1n) is 6.51. The largest absolute Gasteiger partial charge is 0.380 e. The number of rotatable bonds is 3. The van der Waals surface area contributed by atoms with Crippen LogP contribution in [0.25, 0.3) is 11.4 Å². The van der Waals surface area contributed by atoms with Crippen LogP contribution >= 0.6 is 0 Å². The normalized spacial score (nSPS) is 17.6. The average molecular weight is 266 g/mol. The molecule has 0 amide bonds. The van der Waals surface area contributed by atoms with Gasteiger partial charge in [-0.25, -0.2) is 9.97 Å². The molecule has 0 aliphatic carbocycles. The third kappa shape index (κ3) is 2.44. The molecule has 2 aromatic heterocycles. The molecule has 1 aliphatic rings. The van der Waals surface area contributed by atoms with Crippen LogP contribution in [0.1, 0.15) is 12.0 Å². The van der Waals surface area contributed by atoms with Crippen molar-refractivity contribution in [2.45, 2.75) is 12.5 Å².